The number of nitrogens with zero attached hydrogens (tertiary/aromatic N) is 5. The third kappa shape index (κ3) is 4.75. The SMILES string of the molecule is CC1CC(c2nc3c(-c4ccc(-c5ccccc5)nc4)cnn3c(N)c2S(C)(=O)=O)CC(CO)N1C(=O)C1(O)CC1. The highest BCUT2D eigenvalue weighted by Gasteiger charge is 2.53. The number of likely N-dealkylation sites (tertiary alicyclic amines) is 1. The molecule has 41 heavy (non-hydrogen) atoms. The van der Waals surface area contributed by atoms with Crippen LogP contribution in [0.1, 0.15) is 44.2 Å². The van der Waals surface area contributed by atoms with Gasteiger partial charge in [-0.3, -0.25) is 9.78 Å². The maximum atomic E-state index is 13.1. The fourth-order valence-corrected chi connectivity index (χ4v) is 7.02. The highest BCUT2D eigenvalue weighted by molar-refractivity contribution is 7.91. The second-order valence-corrected chi connectivity index (χ2v) is 13.1. The van der Waals surface area contributed by atoms with Crippen molar-refractivity contribution in [2.45, 2.75) is 61.1 Å². The molecule has 4 heterocycles. The average Bonchev–Trinajstić information content (AvgIpc) is 3.56. The minimum Gasteiger partial charge on any atom is -0.394 e. The van der Waals surface area contributed by atoms with E-state index in [9.17, 15) is 23.4 Å². The third-order valence-electron chi connectivity index (χ3n) is 8.18. The number of aromatic nitrogens is 4. The Balaban J connectivity index is 1.42. The summed E-state index contributed by atoms with van der Waals surface area (Å²) in [5.74, 6) is -0.858. The van der Waals surface area contributed by atoms with Crippen LogP contribution in [0, 0.1) is 0 Å². The minimum absolute atomic E-state index is 0.0494. The molecule has 0 spiro atoms. The summed E-state index contributed by atoms with van der Waals surface area (Å²) in [4.78, 5) is 24.0. The Kier molecular flexibility index (Phi) is 6.59. The minimum atomic E-state index is -3.83. The van der Waals surface area contributed by atoms with Gasteiger partial charge in [-0.05, 0) is 38.7 Å². The van der Waals surface area contributed by atoms with E-state index >= 15 is 0 Å². The zero-order valence-corrected chi connectivity index (χ0v) is 23.6. The van der Waals surface area contributed by atoms with Crippen molar-refractivity contribution in [3.05, 3.63) is 60.6 Å². The van der Waals surface area contributed by atoms with Gasteiger partial charge in [0.1, 0.15) is 16.3 Å². The van der Waals surface area contributed by atoms with Crippen LogP contribution in [0.4, 0.5) is 5.82 Å². The van der Waals surface area contributed by atoms with Crippen molar-refractivity contribution in [1.82, 2.24) is 24.5 Å². The second-order valence-electron chi connectivity index (χ2n) is 11.2. The normalized spacial score (nSPS) is 22.1. The van der Waals surface area contributed by atoms with Crippen molar-refractivity contribution < 1.29 is 23.4 Å². The molecule has 1 aliphatic heterocycles. The first-order valence-corrected chi connectivity index (χ1v) is 15.5. The molecule has 0 radical (unpaired) electrons. The number of nitrogens with two attached hydrogens (primary N) is 1. The standard InChI is InChI=1S/C29H32N6O5S/c1-17-12-20(13-21(16-36)34(17)28(37)29(38)10-11-29)24-25(41(2,39)40)26(30)35-27(33-24)22(15-32-35)19-8-9-23(31-14-19)18-6-4-3-5-7-18/h3-9,14-15,17,20-21,36,38H,10-13,16,30H2,1-2H3. The lowest BCUT2D eigenvalue weighted by atomic mass is 9.83. The molecule has 1 aliphatic carbocycles. The summed E-state index contributed by atoms with van der Waals surface area (Å²) in [5, 5.41) is 25.1. The highest BCUT2D eigenvalue weighted by Crippen LogP contribution is 2.44. The van der Waals surface area contributed by atoms with E-state index < -0.39 is 33.3 Å². The molecule has 1 amide bonds. The van der Waals surface area contributed by atoms with Gasteiger partial charge < -0.3 is 20.8 Å². The van der Waals surface area contributed by atoms with Gasteiger partial charge in [0.25, 0.3) is 5.91 Å². The number of sulfone groups is 1. The summed E-state index contributed by atoms with van der Waals surface area (Å²) in [5.41, 5.74) is 8.93. The number of carbonyl (C=O) groups is 1. The lowest BCUT2D eigenvalue weighted by Crippen LogP contribution is -2.56. The van der Waals surface area contributed by atoms with Crippen LogP contribution in [0.5, 0.6) is 0 Å². The number of hydrogen-bond acceptors (Lipinski definition) is 9. The zero-order chi connectivity index (χ0) is 29.1. The van der Waals surface area contributed by atoms with Crippen molar-refractivity contribution in [2.24, 2.45) is 0 Å². The summed E-state index contributed by atoms with van der Waals surface area (Å²) in [6.07, 6.45) is 5.84. The first-order chi connectivity index (χ1) is 19.5. The van der Waals surface area contributed by atoms with Gasteiger partial charge in [0, 0.05) is 41.1 Å². The van der Waals surface area contributed by atoms with Gasteiger partial charge in [0.05, 0.1) is 30.2 Å². The molecule has 4 N–H and O–H groups in total. The number of nitrogen functional groups attached to an aromatic ring is 1. The highest BCUT2D eigenvalue weighted by atomic mass is 32.2. The smallest absolute Gasteiger partial charge is 0.255 e. The van der Waals surface area contributed by atoms with E-state index in [1.165, 1.54) is 4.52 Å². The van der Waals surface area contributed by atoms with E-state index in [1.54, 1.807) is 17.3 Å². The van der Waals surface area contributed by atoms with Gasteiger partial charge in [0.2, 0.25) is 0 Å². The number of hydrogen-bond donors (Lipinski definition) is 3. The lowest BCUT2D eigenvalue weighted by molar-refractivity contribution is -0.151. The first kappa shape index (κ1) is 27.3. The summed E-state index contributed by atoms with van der Waals surface area (Å²) in [7, 11) is -3.83. The quantitative estimate of drug-likeness (QED) is 0.313. The van der Waals surface area contributed by atoms with E-state index in [0.717, 1.165) is 23.1 Å². The number of fused-ring (bicyclic) bond motifs is 1. The molecule has 4 aromatic rings. The van der Waals surface area contributed by atoms with E-state index in [2.05, 4.69) is 10.1 Å². The second kappa shape index (κ2) is 9.89. The van der Waals surface area contributed by atoms with Crippen molar-refractivity contribution in [1.29, 1.82) is 0 Å². The molecule has 11 nitrogen and oxygen atoms in total. The van der Waals surface area contributed by atoms with E-state index in [-0.39, 0.29) is 35.5 Å². The van der Waals surface area contributed by atoms with Crippen LogP contribution in [0.25, 0.3) is 28.0 Å². The average molecular weight is 577 g/mol. The molecule has 3 unspecified atom stereocenters. The Labute approximate surface area is 237 Å². The van der Waals surface area contributed by atoms with Crippen LogP contribution in [0.3, 0.4) is 0 Å². The molecule has 1 aromatic carbocycles. The topological polar surface area (TPSA) is 164 Å². The summed E-state index contributed by atoms with van der Waals surface area (Å²) in [6.45, 7) is 1.51. The number of piperidine rings is 1. The molecule has 2 aliphatic rings. The van der Waals surface area contributed by atoms with Gasteiger partial charge in [-0.15, -0.1) is 0 Å². The number of rotatable bonds is 6. The molecule has 2 fully saturated rings. The van der Waals surface area contributed by atoms with E-state index in [1.807, 2.05) is 49.4 Å². The van der Waals surface area contributed by atoms with Crippen molar-refractivity contribution in [2.75, 3.05) is 18.6 Å². The van der Waals surface area contributed by atoms with Crippen molar-refractivity contribution in [3.8, 4) is 22.4 Å². The maximum Gasteiger partial charge on any atom is 0.255 e. The molecule has 6 rings (SSSR count). The molecule has 3 atom stereocenters. The molecule has 12 heteroatoms. The van der Waals surface area contributed by atoms with Gasteiger partial charge in [-0.25, -0.2) is 13.4 Å². The van der Waals surface area contributed by atoms with Gasteiger partial charge >= 0.3 is 0 Å². The maximum absolute atomic E-state index is 13.1. The fraction of sp³-hybridized carbons (Fsp3) is 0.379. The Bertz CT molecular complexity index is 1740. The van der Waals surface area contributed by atoms with E-state index in [0.29, 0.717) is 30.5 Å². The van der Waals surface area contributed by atoms with Crippen LogP contribution in [-0.2, 0) is 14.6 Å². The summed E-state index contributed by atoms with van der Waals surface area (Å²) in [6, 6.07) is 12.6. The van der Waals surface area contributed by atoms with Gasteiger partial charge in [0.15, 0.2) is 15.5 Å². The summed E-state index contributed by atoms with van der Waals surface area (Å²) < 4.78 is 27.4. The predicted molar refractivity (Wildman–Crippen MR) is 153 cm³/mol. The van der Waals surface area contributed by atoms with E-state index in [4.69, 9.17) is 10.7 Å². The molecular formula is C29H32N6O5S. The molecule has 3 aromatic heterocycles. The predicted octanol–water partition coefficient (Wildman–Crippen LogP) is 2.42. The molecular weight excluding hydrogens is 544 g/mol. The number of benzene rings is 1. The zero-order valence-electron chi connectivity index (χ0n) is 22.8. The van der Waals surface area contributed by atoms with Crippen LogP contribution in [0.15, 0.2) is 59.8 Å². The van der Waals surface area contributed by atoms with Gasteiger partial charge in [-0.1, -0.05) is 36.4 Å². The largest absolute Gasteiger partial charge is 0.394 e. The first-order valence-electron chi connectivity index (χ1n) is 13.6. The fourth-order valence-electron chi connectivity index (χ4n) is 5.96. The number of anilines is 1. The Morgan fingerprint density at radius 3 is 2.44 bits per heavy atom. The molecule has 1 saturated heterocycles. The van der Waals surface area contributed by atoms with Crippen molar-refractivity contribution >= 4 is 27.2 Å². The number of pyridine rings is 1. The van der Waals surface area contributed by atoms with Crippen molar-refractivity contribution in [3.63, 3.8) is 0 Å². The Morgan fingerprint density at radius 1 is 1.10 bits per heavy atom. The van der Waals surface area contributed by atoms with Gasteiger partial charge in [-0.2, -0.15) is 9.61 Å². The Morgan fingerprint density at radius 2 is 1.83 bits per heavy atom. The number of carbonyl (C=O) groups excluding carboxylic acids is 1. The molecule has 0 bridgehead atoms. The lowest BCUT2D eigenvalue weighted by Gasteiger charge is -2.44. The summed E-state index contributed by atoms with van der Waals surface area (Å²) >= 11 is 0. The monoisotopic (exact) mass is 576 g/mol. The Hall–Kier alpha value is -3.87. The third-order valence-corrected chi connectivity index (χ3v) is 9.34. The number of aliphatic hydroxyl groups is 2. The van der Waals surface area contributed by atoms with Crippen LogP contribution in [0.2, 0.25) is 0 Å². The molecule has 1 saturated carbocycles. The van der Waals surface area contributed by atoms with Crippen LogP contribution < -0.4 is 5.73 Å². The van der Waals surface area contributed by atoms with Crippen LogP contribution in [-0.4, -0.2) is 79.6 Å². The molecule has 214 valence electrons. The number of aliphatic hydroxyl groups excluding tert-OH is 1. The van der Waals surface area contributed by atoms with Crippen LogP contribution >= 0.6 is 0 Å². The number of amides is 1.